The zero-order valence-electron chi connectivity index (χ0n) is 18.0. The van der Waals surface area contributed by atoms with Gasteiger partial charge in [-0.2, -0.15) is 0 Å². The number of aryl methyl sites for hydroxylation is 2. The lowest BCUT2D eigenvalue weighted by atomic mass is 10.1. The Kier molecular flexibility index (Phi) is 7.12. The Bertz CT molecular complexity index is 1050. The third-order valence-corrected chi connectivity index (χ3v) is 6.01. The Balaban J connectivity index is 1.73. The summed E-state index contributed by atoms with van der Waals surface area (Å²) in [5.41, 5.74) is 3.46. The summed E-state index contributed by atoms with van der Waals surface area (Å²) in [5.74, 6) is -0.692. The molecule has 0 aromatic heterocycles. The lowest BCUT2D eigenvalue weighted by Crippen LogP contribution is -2.33. The van der Waals surface area contributed by atoms with Crippen LogP contribution in [-0.2, 0) is 14.4 Å². The van der Waals surface area contributed by atoms with Crippen molar-refractivity contribution in [2.45, 2.75) is 39.4 Å². The van der Waals surface area contributed by atoms with Gasteiger partial charge in [-0.25, -0.2) is 4.99 Å². The maximum atomic E-state index is 12.8. The number of nitrogens with one attached hydrogen (secondary N) is 1. The first-order valence-corrected chi connectivity index (χ1v) is 10.9. The molecule has 162 valence electrons. The van der Waals surface area contributed by atoms with Crippen LogP contribution in [0.4, 0.5) is 11.4 Å². The first-order chi connectivity index (χ1) is 14.8. The molecule has 0 radical (unpaired) electrons. The first-order valence-electron chi connectivity index (χ1n) is 9.99. The van der Waals surface area contributed by atoms with Gasteiger partial charge in [-0.05, 0) is 56.2 Å². The number of rotatable bonds is 6. The van der Waals surface area contributed by atoms with Gasteiger partial charge >= 0.3 is 5.97 Å². The summed E-state index contributed by atoms with van der Waals surface area (Å²) in [5, 5.41) is 2.76. The summed E-state index contributed by atoms with van der Waals surface area (Å²) < 4.78 is 5.12. The van der Waals surface area contributed by atoms with Gasteiger partial charge in [-0.1, -0.05) is 30.0 Å². The Labute approximate surface area is 185 Å². The molecular weight excluding hydrogens is 414 g/mol. The number of amides is 2. The number of aliphatic imine (C=N–C) groups is 1. The van der Waals surface area contributed by atoms with E-state index in [1.807, 2.05) is 39.0 Å². The van der Waals surface area contributed by atoms with Crippen LogP contribution in [0.2, 0.25) is 0 Å². The van der Waals surface area contributed by atoms with Gasteiger partial charge in [0.15, 0.2) is 10.9 Å². The maximum absolute atomic E-state index is 12.8. The van der Waals surface area contributed by atoms with Gasteiger partial charge < -0.3 is 10.1 Å². The number of benzene rings is 2. The average molecular weight is 440 g/mol. The zero-order chi connectivity index (χ0) is 22.5. The van der Waals surface area contributed by atoms with Crippen LogP contribution in [0, 0.1) is 13.8 Å². The number of hydrogen-bond acceptors (Lipinski definition) is 6. The van der Waals surface area contributed by atoms with Crippen molar-refractivity contribution in [1.82, 2.24) is 4.90 Å². The third-order valence-electron chi connectivity index (χ3n) is 4.84. The number of carbonyl (C=O) groups excluding carboxylic acids is 3. The van der Waals surface area contributed by atoms with Gasteiger partial charge in [0.2, 0.25) is 11.8 Å². The average Bonchev–Trinajstić information content (AvgIpc) is 3.00. The molecule has 0 saturated carbocycles. The molecule has 0 bridgehead atoms. The van der Waals surface area contributed by atoms with Crippen molar-refractivity contribution in [3.05, 3.63) is 53.6 Å². The molecule has 0 spiro atoms. The second kappa shape index (κ2) is 9.78. The molecule has 1 atom stereocenters. The summed E-state index contributed by atoms with van der Waals surface area (Å²) in [6, 6.07) is 12.6. The Morgan fingerprint density at radius 1 is 1.16 bits per heavy atom. The monoisotopic (exact) mass is 439 g/mol. The molecule has 7 nitrogen and oxygen atoms in total. The summed E-state index contributed by atoms with van der Waals surface area (Å²) >= 11 is 1.29. The van der Waals surface area contributed by atoms with Crippen molar-refractivity contribution < 1.29 is 19.1 Å². The molecule has 31 heavy (non-hydrogen) atoms. The molecule has 8 heteroatoms. The van der Waals surface area contributed by atoms with Crippen LogP contribution in [0.5, 0.6) is 5.75 Å². The van der Waals surface area contributed by atoms with E-state index in [4.69, 9.17) is 4.74 Å². The summed E-state index contributed by atoms with van der Waals surface area (Å²) in [6.45, 7) is 7.70. The standard InChI is InChI=1S/C23H25N3O4S/c1-5-26-22(29)20(31-23(26)24-17-11-10-14(2)15(3)12-17)13-21(28)25-18-8-6-7-9-19(18)30-16(4)27/h6-12,20H,5,13H2,1-4H3,(H,25,28)/t20-/m0/s1. The van der Waals surface area contributed by atoms with Crippen LogP contribution in [0.15, 0.2) is 47.5 Å². The maximum Gasteiger partial charge on any atom is 0.308 e. The highest BCUT2D eigenvalue weighted by Gasteiger charge is 2.38. The van der Waals surface area contributed by atoms with E-state index in [1.54, 1.807) is 29.2 Å². The molecule has 1 aliphatic heterocycles. The number of nitrogens with zero attached hydrogens (tertiary/aromatic N) is 2. The van der Waals surface area contributed by atoms with Gasteiger partial charge in [0.05, 0.1) is 11.4 Å². The van der Waals surface area contributed by atoms with Crippen molar-refractivity contribution in [2.75, 3.05) is 11.9 Å². The van der Waals surface area contributed by atoms with E-state index in [9.17, 15) is 14.4 Å². The van der Waals surface area contributed by atoms with Crippen molar-refractivity contribution in [2.24, 2.45) is 4.99 Å². The van der Waals surface area contributed by atoms with E-state index in [2.05, 4.69) is 10.3 Å². The SMILES string of the molecule is CCN1C(=O)[C@H](CC(=O)Nc2ccccc2OC(C)=O)SC1=Nc1ccc(C)c(C)c1. The van der Waals surface area contributed by atoms with Gasteiger partial charge in [-0.15, -0.1) is 0 Å². The molecule has 1 N–H and O–H groups in total. The van der Waals surface area contributed by atoms with Crippen LogP contribution in [0.3, 0.4) is 0 Å². The predicted octanol–water partition coefficient (Wildman–Crippen LogP) is 4.21. The number of thioether (sulfide) groups is 1. The molecule has 2 aromatic carbocycles. The van der Waals surface area contributed by atoms with E-state index in [-0.39, 0.29) is 24.0 Å². The number of para-hydroxylation sites is 2. The minimum atomic E-state index is -0.564. The lowest BCUT2D eigenvalue weighted by molar-refractivity contribution is -0.132. The number of ether oxygens (including phenoxy) is 1. The quantitative estimate of drug-likeness (QED) is 0.538. The zero-order valence-corrected chi connectivity index (χ0v) is 18.8. The van der Waals surface area contributed by atoms with Gasteiger partial charge in [-0.3, -0.25) is 19.3 Å². The fraction of sp³-hybridized carbons (Fsp3) is 0.304. The highest BCUT2D eigenvalue weighted by Crippen LogP contribution is 2.32. The van der Waals surface area contributed by atoms with Gasteiger partial charge in [0, 0.05) is 19.9 Å². The molecule has 1 aliphatic rings. The largest absolute Gasteiger partial charge is 0.424 e. The Morgan fingerprint density at radius 2 is 1.90 bits per heavy atom. The lowest BCUT2D eigenvalue weighted by Gasteiger charge is -2.14. The molecule has 2 aromatic rings. The predicted molar refractivity (Wildman–Crippen MR) is 123 cm³/mol. The number of amidine groups is 1. The van der Waals surface area contributed by atoms with E-state index in [0.29, 0.717) is 17.4 Å². The first kappa shape index (κ1) is 22.6. The second-order valence-corrected chi connectivity index (χ2v) is 8.36. The second-order valence-electron chi connectivity index (χ2n) is 7.19. The fourth-order valence-corrected chi connectivity index (χ4v) is 4.33. The van der Waals surface area contributed by atoms with Crippen LogP contribution in [0.1, 0.15) is 31.4 Å². The van der Waals surface area contributed by atoms with E-state index in [1.165, 1.54) is 24.2 Å². The molecule has 0 unspecified atom stereocenters. The fourth-order valence-electron chi connectivity index (χ4n) is 3.11. The van der Waals surface area contributed by atoms with Crippen molar-refractivity contribution in [3.63, 3.8) is 0 Å². The number of carbonyl (C=O) groups is 3. The molecular formula is C23H25N3O4S. The van der Waals surface area contributed by atoms with Crippen molar-refractivity contribution in [3.8, 4) is 5.75 Å². The van der Waals surface area contributed by atoms with Crippen molar-refractivity contribution >= 4 is 46.1 Å². The summed E-state index contributed by atoms with van der Waals surface area (Å²) in [4.78, 5) is 43.0. The van der Waals surface area contributed by atoms with Crippen LogP contribution in [-0.4, -0.2) is 39.6 Å². The Morgan fingerprint density at radius 3 is 2.58 bits per heavy atom. The Hall–Kier alpha value is -3.13. The number of hydrogen-bond donors (Lipinski definition) is 1. The smallest absolute Gasteiger partial charge is 0.308 e. The van der Waals surface area contributed by atoms with Gasteiger partial charge in [0.1, 0.15) is 5.25 Å². The number of esters is 1. The van der Waals surface area contributed by atoms with E-state index < -0.39 is 11.2 Å². The van der Waals surface area contributed by atoms with E-state index >= 15 is 0 Å². The molecule has 3 rings (SSSR count). The molecule has 0 aliphatic carbocycles. The normalized spacial score (nSPS) is 17.2. The highest BCUT2D eigenvalue weighted by atomic mass is 32.2. The molecule has 1 heterocycles. The van der Waals surface area contributed by atoms with Crippen LogP contribution >= 0.6 is 11.8 Å². The van der Waals surface area contributed by atoms with E-state index in [0.717, 1.165) is 11.3 Å². The molecule has 1 saturated heterocycles. The minimum absolute atomic E-state index is 0.0135. The summed E-state index contributed by atoms with van der Waals surface area (Å²) in [7, 11) is 0. The van der Waals surface area contributed by atoms with Gasteiger partial charge in [0.25, 0.3) is 0 Å². The van der Waals surface area contributed by atoms with Crippen LogP contribution < -0.4 is 10.1 Å². The molecule has 1 fully saturated rings. The number of anilines is 1. The van der Waals surface area contributed by atoms with Crippen molar-refractivity contribution in [1.29, 1.82) is 0 Å². The third kappa shape index (κ3) is 5.52. The van der Waals surface area contributed by atoms with Crippen LogP contribution in [0.25, 0.3) is 0 Å². The topological polar surface area (TPSA) is 88.1 Å². The minimum Gasteiger partial charge on any atom is -0.424 e. The highest BCUT2D eigenvalue weighted by molar-refractivity contribution is 8.15. The molecule has 2 amide bonds. The summed E-state index contributed by atoms with van der Waals surface area (Å²) in [6.07, 6.45) is -0.0135.